The number of benzene rings is 10. The van der Waals surface area contributed by atoms with Crippen LogP contribution < -0.4 is 0 Å². The first-order chi connectivity index (χ1) is 25.3. The van der Waals surface area contributed by atoms with Gasteiger partial charge in [-0.3, -0.25) is 0 Å². The molecule has 1 heteroatoms. The lowest BCUT2D eigenvalue weighted by molar-refractivity contribution is 0.669. The zero-order valence-corrected chi connectivity index (χ0v) is 27.7. The van der Waals surface area contributed by atoms with Crippen molar-refractivity contribution in [1.82, 2.24) is 0 Å². The van der Waals surface area contributed by atoms with Crippen LogP contribution >= 0.6 is 0 Å². The van der Waals surface area contributed by atoms with Gasteiger partial charge in [0.1, 0.15) is 11.2 Å². The van der Waals surface area contributed by atoms with Crippen LogP contribution in [-0.4, -0.2) is 0 Å². The summed E-state index contributed by atoms with van der Waals surface area (Å²) < 4.78 is 6.83. The second-order valence-corrected chi connectivity index (χ2v) is 13.6. The fraction of sp³-hybridized carbons (Fsp3) is 0. The Kier molecular flexibility index (Phi) is 6.02. The van der Waals surface area contributed by atoms with E-state index >= 15 is 0 Å². The maximum Gasteiger partial charge on any atom is 0.136 e. The molecule has 0 radical (unpaired) electrons. The number of hydrogen-bond acceptors (Lipinski definition) is 1. The largest absolute Gasteiger partial charge is 0.456 e. The Morgan fingerprint density at radius 1 is 0.275 bits per heavy atom. The topological polar surface area (TPSA) is 13.1 Å². The van der Waals surface area contributed by atoms with E-state index in [2.05, 4.69) is 182 Å². The van der Waals surface area contributed by atoms with Gasteiger partial charge in [-0.25, -0.2) is 0 Å². The molecule has 11 aromatic rings. The average Bonchev–Trinajstić information content (AvgIpc) is 3.57. The third-order valence-corrected chi connectivity index (χ3v) is 10.8. The monoisotopic (exact) mass is 646 g/mol. The molecule has 0 atom stereocenters. The molecule has 0 spiro atoms. The van der Waals surface area contributed by atoms with Crippen molar-refractivity contribution >= 4 is 75.8 Å². The smallest absolute Gasteiger partial charge is 0.136 e. The van der Waals surface area contributed by atoms with Crippen LogP contribution in [0.1, 0.15) is 0 Å². The van der Waals surface area contributed by atoms with E-state index in [9.17, 15) is 0 Å². The molecular formula is C50H30O. The Morgan fingerprint density at radius 2 is 0.725 bits per heavy atom. The van der Waals surface area contributed by atoms with Crippen LogP contribution in [0.25, 0.3) is 109 Å². The fourth-order valence-corrected chi connectivity index (χ4v) is 8.49. The van der Waals surface area contributed by atoms with Crippen molar-refractivity contribution in [3.8, 4) is 33.4 Å². The minimum absolute atomic E-state index is 0.898. The number of furan rings is 1. The van der Waals surface area contributed by atoms with Crippen molar-refractivity contribution in [1.29, 1.82) is 0 Å². The second kappa shape index (κ2) is 10.9. The molecule has 0 fully saturated rings. The quantitative estimate of drug-likeness (QED) is 0.174. The van der Waals surface area contributed by atoms with Crippen molar-refractivity contribution in [2.24, 2.45) is 0 Å². The minimum Gasteiger partial charge on any atom is -0.456 e. The maximum atomic E-state index is 6.83. The van der Waals surface area contributed by atoms with Gasteiger partial charge in [0.15, 0.2) is 0 Å². The molecule has 1 heterocycles. The molecule has 1 aromatic heterocycles. The van der Waals surface area contributed by atoms with Crippen LogP contribution in [0.2, 0.25) is 0 Å². The maximum absolute atomic E-state index is 6.83. The molecule has 10 aromatic carbocycles. The van der Waals surface area contributed by atoms with Crippen LogP contribution in [0.4, 0.5) is 0 Å². The van der Waals surface area contributed by atoms with Gasteiger partial charge in [0.2, 0.25) is 0 Å². The van der Waals surface area contributed by atoms with E-state index in [0.29, 0.717) is 0 Å². The molecule has 236 valence electrons. The van der Waals surface area contributed by atoms with Crippen LogP contribution in [0, 0.1) is 0 Å². The van der Waals surface area contributed by atoms with Gasteiger partial charge in [-0.2, -0.15) is 0 Å². The summed E-state index contributed by atoms with van der Waals surface area (Å²) in [5, 5.41) is 14.7. The van der Waals surface area contributed by atoms with E-state index in [4.69, 9.17) is 4.42 Å². The van der Waals surface area contributed by atoms with Crippen molar-refractivity contribution in [2.75, 3.05) is 0 Å². The van der Waals surface area contributed by atoms with E-state index in [1.54, 1.807) is 0 Å². The molecule has 0 aliphatic rings. The molecule has 0 saturated heterocycles. The molecule has 0 saturated carbocycles. The molecule has 0 amide bonds. The number of hydrogen-bond donors (Lipinski definition) is 0. The van der Waals surface area contributed by atoms with E-state index < -0.39 is 0 Å². The zero-order chi connectivity index (χ0) is 33.5. The number of rotatable bonds is 3. The lowest BCUT2D eigenvalue weighted by atomic mass is 9.85. The molecule has 11 rings (SSSR count). The summed E-state index contributed by atoms with van der Waals surface area (Å²) >= 11 is 0. The van der Waals surface area contributed by atoms with E-state index in [0.717, 1.165) is 27.5 Å². The van der Waals surface area contributed by atoms with Gasteiger partial charge in [-0.15, -0.1) is 0 Å². The van der Waals surface area contributed by atoms with Crippen LogP contribution in [-0.2, 0) is 0 Å². The predicted molar refractivity (Wildman–Crippen MR) is 218 cm³/mol. The van der Waals surface area contributed by atoms with Gasteiger partial charge < -0.3 is 4.42 Å². The fourth-order valence-electron chi connectivity index (χ4n) is 8.49. The molecule has 0 N–H and O–H groups in total. The Morgan fingerprint density at radius 3 is 1.33 bits per heavy atom. The van der Waals surface area contributed by atoms with Gasteiger partial charge in [0.25, 0.3) is 0 Å². The Labute approximate surface area is 294 Å². The molecule has 1 nitrogen and oxygen atoms in total. The van der Waals surface area contributed by atoms with Gasteiger partial charge in [0.05, 0.1) is 0 Å². The van der Waals surface area contributed by atoms with Gasteiger partial charge in [-0.05, 0) is 118 Å². The van der Waals surface area contributed by atoms with E-state index in [1.165, 1.54) is 81.7 Å². The van der Waals surface area contributed by atoms with Crippen LogP contribution in [0.5, 0.6) is 0 Å². The Hall–Kier alpha value is -6.70. The van der Waals surface area contributed by atoms with Crippen molar-refractivity contribution < 1.29 is 4.42 Å². The summed E-state index contributed by atoms with van der Waals surface area (Å²) in [6, 6.07) is 66.3. The molecule has 0 bridgehead atoms. The van der Waals surface area contributed by atoms with Crippen LogP contribution in [0.15, 0.2) is 186 Å². The molecule has 51 heavy (non-hydrogen) atoms. The second-order valence-electron chi connectivity index (χ2n) is 13.6. The lowest BCUT2D eigenvalue weighted by Crippen LogP contribution is -1.91. The van der Waals surface area contributed by atoms with E-state index in [-0.39, 0.29) is 0 Å². The molecule has 0 aliphatic heterocycles. The summed E-state index contributed by atoms with van der Waals surface area (Å²) in [7, 11) is 0. The summed E-state index contributed by atoms with van der Waals surface area (Å²) in [6.07, 6.45) is 0. The first kappa shape index (κ1) is 28.2. The third kappa shape index (κ3) is 4.28. The van der Waals surface area contributed by atoms with Gasteiger partial charge in [0, 0.05) is 10.8 Å². The molecule has 0 aliphatic carbocycles. The highest BCUT2D eigenvalue weighted by atomic mass is 16.3. The SMILES string of the molecule is c1ccc2cc(-c3c4ccccc4c(-c4ccc5c(c4)oc4cc(-c6ccc7ccccc7c6)c6ccccc6c45)c4ccccc34)ccc2c1. The van der Waals surface area contributed by atoms with Gasteiger partial charge in [-0.1, -0.05) is 152 Å². The third-order valence-electron chi connectivity index (χ3n) is 10.8. The number of fused-ring (bicyclic) bond motifs is 9. The summed E-state index contributed by atoms with van der Waals surface area (Å²) in [6.45, 7) is 0. The average molecular weight is 647 g/mol. The Bertz CT molecular complexity index is 3140. The predicted octanol–water partition coefficient (Wildman–Crippen LogP) is 14.4. The van der Waals surface area contributed by atoms with Crippen molar-refractivity contribution in [3.63, 3.8) is 0 Å². The van der Waals surface area contributed by atoms with E-state index in [1.807, 2.05) is 0 Å². The molecular weight excluding hydrogens is 617 g/mol. The standard InChI is InChI=1S/C50H30O/c1-3-13-33-27-35(23-21-31(33)11-1)45-30-47-50(39-16-6-5-15-38(39)45)44-26-25-37(29-46(44)51-47)49-42-19-9-7-17-40(42)48(41-18-8-10-20-43(41)49)36-24-22-32-12-2-4-14-34(32)28-36/h1-30H. The first-order valence-corrected chi connectivity index (χ1v) is 17.6. The van der Waals surface area contributed by atoms with Crippen molar-refractivity contribution in [2.45, 2.75) is 0 Å². The van der Waals surface area contributed by atoms with Gasteiger partial charge >= 0.3 is 0 Å². The minimum atomic E-state index is 0.898. The highest BCUT2D eigenvalue weighted by Crippen LogP contribution is 2.46. The molecule has 0 unspecified atom stereocenters. The normalized spacial score (nSPS) is 11.9. The zero-order valence-electron chi connectivity index (χ0n) is 27.7. The summed E-state index contributed by atoms with van der Waals surface area (Å²) in [5.74, 6) is 0. The lowest BCUT2D eigenvalue weighted by Gasteiger charge is -2.18. The Balaban J connectivity index is 1.15. The van der Waals surface area contributed by atoms with Crippen LogP contribution in [0.3, 0.4) is 0 Å². The summed E-state index contributed by atoms with van der Waals surface area (Å²) in [4.78, 5) is 0. The van der Waals surface area contributed by atoms with Crippen molar-refractivity contribution in [3.05, 3.63) is 182 Å². The highest BCUT2D eigenvalue weighted by Gasteiger charge is 2.19. The summed E-state index contributed by atoms with van der Waals surface area (Å²) in [5.41, 5.74) is 9.07. The highest BCUT2D eigenvalue weighted by molar-refractivity contribution is 6.25. The first-order valence-electron chi connectivity index (χ1n) is 17.6.